The molecule has 1 N–H and O–H groups in total. The van der Waals surface area contributed by atoms with Crippen LogP contribution in [-0.2, 0) is 0 Å². The van der Waals surface area contributed by atoms with Crippen molar-refractivity contribution < 1.29 is 23.0 Å². The molecule has 3 aromatic rings. The molecule has 0 unspecified atom stereocenters. The summed E-state index contributed by atoms with van der Waals surface area (Å²) in [7, 11) is 4.54. The van der Waals surface area contributed by atoms with E-state index in [-0.39, 0.29) is 11.6 Å². The van der Waals surface area contributed by atoms with E-state index >= 15 is 0 Å². The standard InChI is InChI=1S/C19H17F2N3O3/c1-25-15-9-11(10-16(26-2)18(15)27-3)13-7-8-22-19(23-13)24-14-6-4-5-12(20)17(14)21/h4-10H,1-3H3,(H,22,23,24). The minimum Gasteiger partial charge on any atom is -0.493 e. The Hall–Kier alpha value is -3.42. The monoisotopic (exact) mass is 373 g/mol. The van der Waals surface area contributed by atoms with Gasteiger partial charge in [-0.2, -0.15) is 0 Å². The summed E-state index contributed by atoms with van der Waals surface area (Å²) in [6, 6.07) is 8.96. The normalized spacial score (nSPS) is 10.4. The summed E-state index contributed by atoms with van der Waals surface area (Å²) in [5.74, 6) is -0.448. The quantitative estimate of drug-likeness (QED) is 0.699. The lowest BCUT2D eigenvalue weighted by molar-refractivity contribution is 0.324. The van der Waals surface area contributed by atoms with Crippen LogP contribution in [0.1, 0.15) is 0 Å². The number of aromatic nitrogens is 2. The van der Waals surface area contributed by atoms with E-state index in [0.717, 1.165) is 6.07 Å². The molecular formula is C19H17F2N3O3. The summed E-state index contributed by atoms with van der Waals surface area (Å²) in [6.07, 6.45) is 1.51. The highest BCUT2D eigenvalue weighted by Crippen LogP contribution is 2.40. The maximum Gasteiger partial charge on any atom is 0.227 e. The molecule has 0 saturated carbocycles. The lowest BCUT2D eigenvalue weighted by atomic mass is 10.1. The van der Waals surface area contributed by atoms with E-state index in [0.29, 0.717) is 28.5 Å². The van der Waals surface area contributed by atoms with Crippen molar-refractivity contribution in [2.24, 2.45) is 0 Å². The Morgan fingerprint density at radius 3 is 2.26 bits per heavy atom. The van der Waals surface area contributed by atoms with Crippen LogP contribution in [0, 0.1) is 11.6 Å². The van der Waals surface area contributed by atoms with Crippen molar-refractivity contribution in [1.29, 1.82) is 0 Å². The fourth-order valence-electron chi connectivity index (χ4n) is 2.53. The molecule has 6 nitrogen and oxygen atoms in total. The number of halogens is 2. The van der Waals surface area contributed by atoms with E-state index in [1.807, 2.05) is 0 Å². The van der Waals surface area contributed by atoms with Crippen LogP contribution in [0.4, 0.5) is 20.4 Å². The number of hydrogen-bond donors (Lipinski definition) is 1. The van der Waals surface area contributed by atoms with Gasteiger partial charge in [0, 0.05) is 11.8 Å². The zero-order valence-electron chi connectivity index (χ0n) is 14.9. The first-order valence-electron chi connectivity index (χ1n) is 7.91. The Labute approximate surface area is 154 Å². The van der Waals surface area contributed by atoms with Gasteiger partial charge >= 0.3 is 0 Å². The molecule has 0 saturated heterocycles. The molecule has 27 heavy (non-hydrogen) atoms. The third-order valence-corrected chi connectivity index (χ3v) is 3.81. The third-order valence-electron chi connectivity index (χ3n) is 3.81. The molecule has 0 fully saturated rings. The van der Waals surface area contributed by atoms with Gasteiger partial charge in [0.2, 0.25) is 11.7 Å². The molecule has 0 radical (unpaired) electrons. The molecule has 0 aliphatic heterocycles. The minimum atomic E-state index is -1.00. The molecule has 0 amide bonds. The van der Waals surface area contributed by atoms with Gasteiger partial charge in [-0.25, -0.2) is 18.7 Å². The smallest absolute Gasteiger partial charge is 0.227 e. The summed E-state index contributed by atoms with van der Waals surface area (Å²) in [4.78, 5) is 8.40. The molecule has 0 aliphatic carbocycles. The van der Waals surface area contributed by atoms with Crippen LogP contribution in [0.5, 0.6) is 17.2 Å². The van der Waals surface area contributed by atoms with Gasteiger partial charge < -0.3 is 19.5 Å². The molecule has 1 heterocycles. The first kappa shape index (κ1) is 18.4. The van der Waals surface area contributed by atoms with E-state index < -0.39 is 11.6 Å². The van der Waals surface area contributed by atoms with Crippen molar-refractivity contribution in [2.45, 2.75) is 0 Å². The van der Waals surface area contributed by atoms with Gasteiger partial charge in [-0.1, -0.05) is 6.07 Å². The Morgan fingerprint density at radius 1 is 0.926 bits per heavy atom. The number of nitrogens with zero attached hydrogens (tertiary/aromatic N) is 2. The number of ether oxygens (including phenoxy) is 3. The predicted molar refractivity (Wildman–Crippen MR) is 96.8 cm³/mol. The van der Waals surface area contributed by atoms with Crippen molar-refractivity contribution in [3.63, 3.8) is 0 Å². The molecule has 3 rings (SSSR count). The Bertz CT molecular complexity index is 942. The van der Waals surface area contributed by atoms with Crippen LogP contribution in [0.15, 0.2) is 42.6 Å². The van der Waals surface area contributed by atoms with Gasteiger partial charge in [-0.05, 0) is 30.3 Å². The lowest BCUT2D eigenvalue weighted by Crippen LogP contribution is -2.01. The van der Waals surface area contributed by atoms with E-state index in [1.165, 1.54) is 39.7 Å². The third kappa shape index (κ3) is 3.74. The SMILES string of the molecule is COc1cc(-c2ccnc(Nc3cccc(F)c3F)n2)cc(OC)c1OC. The number of rotatable bonds is 6. The van der Waals surface area contributed by atoms with Crippen molar-refractivity contribution in [3.05, 3.63) is 54.2 Å². The van der Waals surface area contributed by atoms with Crippen LogP contribution in [0.3, 0.4) is 0 Å². The highest BCUT2D eigenvalue weighted by atomic mass is 19.2. The lowest BCUT2D eigenvalue weighted by Gasteiger charge is -2.14. The number of anilines is 2. The summed E-state index contributed by atoms with van der Waals surface area (Å²) in [5.41, 5.74) is 1.15. The van der Waals surface area contributed by atoms with Crippen molar-refractivity contribution >= 4 is 11.6 Å². The molecule has 140 valence electrons. The maximum atomic E-state index is 13.9. The van der Waals surface area contributed by atoms with Crippen LogP contribution in [-0.4, -0.2) is 31.3 Å². The average molecular weight is 373 g/mol. The second kappa shape index (κ2) is 7.86. The Morgan fingerprint density at radius 2 is 1.63 bits per heavy atom. The zero-order chi connectivity index (χ0) is 19.4. The topological polar surface area (TPSA) is 65.5 Å². The van der Waals surface area contributed by atoms with Gasteiger partial charge in [0.05, 0.1) is 32.7 Å². The van der Waals surface area contributed by atoms with Crippen LogP contribution in [0.25, 0.3) is 11.3 Å². The Kier molecular flexibility index (Phi) is 5.35. The van der Waals surface area contributed by atoms with Crippen LogP contribution < -0.4 is 19.5 Å². The number of hydrogen-bond acceptors (Lipinski definition) is 6. The summed E-state index contributed by atoms with van der Waals surface area (Å²) < 4.78 is 43.2. The van der Waals surface area contributed by atoms with E-state index in [1.54, 1.807) is 18.2 Å². The van der Waals surface area contributed by atoms with Gasteiger partial charge in [-0.3, -0.25) is 0 Å². The molecule has 2 aromatic carbocycles. The van der Waals surface area contributed by atoms with Crippen LogP contribution in [0.2, 0.25) is 0 Å². The zero-order valence-corrected chi connectivity index (χ0v) is 14.9. The van der Waals surface area contributed by atoms with Crippen molar-refractivity contribution in [3.8, 4) is 28.5 Å². The molecule has 0 aliphatic rings. The number of methoxy groups -OCH3 is 3. The molecule has 8 heteroatoms. The highest BCUT2D eigenvalue weighted by molar-refractivity contribution is 5.69. The molecule has 1 aromatic heterocycles. The molecular weight excluding hydrogens is 356 g/mol. The van der Waals surface area contributed by atoms with Gasteiger partial charge in [-0.15, -0.1) is 0 Å². The van der Waals surface area contributed by atoms with Crippen molar-refractivity contribution in [1.82, 2.24) is 9.97 Å². The largest absolute Gasteiger partial charge is 0.493 e. The minimum absolute atomic E-state index is 0.0583. The molecule has 0 spiro atoms. The maximum absolute atomic E-state index is 13.9. The average Bonchev–Trinajstić information content (AvgIpc) is 2.70. The molecule has 0 atom stereocenters. The van der Waals surface area contributed by atoms with E-state index in [4.69, 9.17) is 14.2 Å². The summed E-state index contributed by atoms with van der Waals surface area (Å²) in [5, 5.41) is 2.68. The highest BCUT2D eigenvalue weighted by Gasteiger charge is 2.15. The fraction of sp³-hybridized carbons (Fsp3) is 0.158. The molecule has 0 bridgehead atoms. The first-order chi connectivity index (χ1) is 13.1. The summed E-state index contributed by atoms with van der Waals surface area (Å²) in [6.45, 7) is 0. The Balaban J connectivity index is 1.99. The van der Waals surface area contributed by atoms with Gasteiger partial charge in [0.1, 0.15) is 0 Å². The van der Waals surface area contributed by atoms with Crippen LogP contribution >= 0.6 is 0 Å². The van der Waals surface area contributed by atoms with E-state index in [2.05, 4.69) is 15.3 Å². The second-order valence-corrected chi connectivity index (χ2v) is 5.41. The number of benzene rings is 2. The van der Waals surface area contributed by atoms with E-state index in [9.17, 15) is 8.78 Å². The second-order valence-electron chi connectivity index (χ2n) is 5.41. The summed E-state index contributed by atoms with van der Waals surface area (Å²) >= 11 is 0. The van der Waals surface area contributed by atoms with Gasteiger partial charge in [0.15, 0.2) is 23.1 Å². The number of nitrogens with one attached hydrogen (secondary N) is 1. The first-order valence-corrected chi connectivity index (χ1v) is 7.91. The van der Waals surface area contributed by atoms with Crippen molar-refractivity contribution in [2.75, 3.05) is 26.6 Å². The van der Waals surface area contributed by atoms with Gasteiger partial charge in [0.25, 0.3) is 0 Å². The fourth-order valence-corrected chi connectivity index (χ4v) is 2.53. The predicted octanol–water partition coefficient (Wildman–Crippen LogP) is 4.19.